The molecule has 0 saturated heterocycles. The van der Waals surface area contributed by atoms with E-state index in [4.69, 9.17) is 0 Å². The van der Waals surface area contributed by atoms with Crippen molar-refractivity contribution in [3.63, 3.8) is 0 Å². The smallest absolute Gasteiger partial charge is 0.369 e. The average molecular weight is 454 g/mol. The van der Waals surface area contributed by atoms with Gasteiger partial charge in [-0.15, -0.1) is 13.2 Å². The summed E-state index contributed by atoms with van der Waals surface area (Å²) in [6, 6.07) is 39.1. The van der Waals surface area contributed by atoms with Crippen LogP contribution in [0.15, 0.2) is 136 Å². The molecule has 0 bridgehead atoms. The van der Waals surface area contributed by atoms with E-state index in [1.807, 2.05) is 0 Å². The Morgan fingerprint density at radius 2 is 0.875 bits per heavy atom. The Labute approximate surface area is 187 Å². The maximum atomic E-state index is 11.5. The average Bonchev–Trinajstić information content (AvgIpc) is 2.81. The van der Waals surface area contributed by atoms with Gasteiger partial charge in [0, 0.05) is 0 Å². The number of carbonyl (C=O) groups excluding carboxylic acids is 1. The van der Waals surface area contributed by atoms with Crippen LogP contribution in [-0.2, 0) is 15.6 Å². The second kappa shape index (κ2) is 11.2. The van der Waals surface area contributed by atoms with Crippen LogP contribution >= 0.6 is 0 Å². The van der Waals surface area contributed by atoms with Gasteiger partial charge in [-0.25, -0.2) is 4.79 Å². The summed E-state index contributed by atoms with van der Waals surface area (Å²) in [5, 5.41) is 0. The highest BCUT2D eigenvalue weighted by Crippen LogP contribution is 2.30. The van der Waals surface area contributed by atoms with Gasteiger partial charge in [0.05, 0.1) is 16.5 Å². The first-order valence-corrected chi connectivity index (χ1v) is 10.9. The van der Waals surface area contributed by atoms with E-state index in [0.717, 1.165) is 0 Å². The minimum atomic E-state index is -4.92. The fourth-order valence-electron chi connectivity index (χ4n) is 2.82. The number of ether oxygens (including phenoxy) is 1. The zero-order valence-electron chi connectivity index (χ0n) is 16.9. The summed E-state index contributed by atoms with van der Waals surface area (Å²) in [5.74, 6) is -1.40. The number of hydrogen-bond donors (Lipinski definition) is 0. The zero-order valence-corrected chi connectivity index (χ0v) is 17.7. The molecule has 0 N–H and O–H groups in total. The van der Waals surface area contributed by atoms with Gasteiger partial charge in [-0.05, 0) is 48.5 Å². The van der Waals surface area contributed by atoms with E-state index >= 15 is 0 Å². The molecule has 0 aliphatic carbocycles. The Balaban J connectivity index is 0.000000195. The Kier molecular flexibility index (Phi) is 8.11. The van der Waals surface area contributed by atoms with Crippen LogP contribution in [0.25, 0.3) is 0 Å². The van der Waals surface area contributed by atoms with Crippen molar-refractivity contribution in [2.45, 2.75) is 21.0 Å². The molecule has 4 aromatic rings. The molecule has 4 rings (SSSR count). The molecule has 32 heavy (non-hydrogen) atoms. The monoisotopic (exact) mass is 453 g/mol. The molecule has 0 aliphatic heterocycles. The number of carbonyl (C=O) groups is 1. The third kappa shape index (κ3) is 7.03. The SMILES string of the molecule is O=C(OC(F)(F)F)c1ccccc1.c1ccc([S+](c2ccccc2)c2ccccc2)cc1. The predicted octanol–water partition coefficient (Wildman–Crippen LogP) is 7.15. The summed E-state index contributed by atoms with van der Waals surface area (Å²) < 4.78 is 37.8. The highest BCUT2D eigenvalue weighted by molar-refractivity contribution is 7.97. The largest absolute Gasteiger partial charge is 0.575 e. The van der Waals surface area contributed by atoms with Crippen molar-refractivity contribution in [1.29, 1.82) is 0 Å². The zero-order chi connectivity index (χ0) is 22.8. The summed E-state index contributed by atoms with van der Waals surface area (Å²) >= 11 is 0. The molecule has 0 fully saturated rings. The highest BCUT2D eigenvalue weighted by Gasteiger charge is 2.34. The van der Waals surface area contributed by atoms with Crippen molar-refractivity contribution in [3.8, 4) is 0 Å². The van der Waals surface area contributed by atoms with E-state index in [9.17, 15) is 18.0 Å². The molecule has 0 spiro atoms. The lowest BCUT2D eigenvalue weighted by molar-refractivity contribution is -0.291. The van der Waals surface area contributed by atoms with Gasteiger partial charge in [0.2, 0.25) is 0 Å². The van der Waals surface area contributed by atoms with Crippen molar-refractivity contribution in [2.75, 3.05) is 0 Å². The summed E-state index contributed by atoms with van der Waals surface area (Å²) in [6.45, 7) is 0. The van der Waals surface area contributed by atoms with Crippen LogP contribution in [-0.4, -0.2) is 12.3 Å². The van der Waals surface area contributed by atoms with Gasteiger partial charge in [0.25, 0.3) is 0 Å². The quantitative estimate of drug-likeness (QED) is 0.242. The van der Waals surface area contributed by atoms with Gasteiger partial charge in [-0.1, -0.05) is 72.8 Å². The molecule has 0 aromatic heterocycles. The molecule has 0 atom stereocenters. The van der Waals surface area contributed by atoms with Crippen LogP contribution in [0.5, 0.6) is 0 Å². The first kappa shape index (κ1) is 23.2. The van der Waals surface area contributed by atoms with Crippen molar-refractivity contribution < 1.29 is 22.7 Å². The van der Waals surface area contributed by atoms with E-state index in [0.29, 0.717) is 0 Å². The molecule has 6 heteroatoms. The van der Waals surface area contributed by atoms with Crippen LogP contribution in [0.1, 0.15) is 10.4 Å². The van der Waals surface area contributed by atoms with Crippen molar-refractivity contribution in [3.05, 3.63) is 127 Å². The lowest BCUT2D eigenvalue weighted by Crippen LogP contribution is -2.19. The van der Waals surface area contributed by atoms with Crippen molar-refractivity contribution in [1.82, 2.24) is 0 Å². The first-order valence-electron chi connectivity index (χ1n) is 9.68. The van der Waals surface area contributed by atoms with E-state index in [1.165, 1.54) is 39.0 Å². The van der Waals surface area contributed by atoms with Gasteiger partial charge in [0.1, 0.15) is 0 Å². The van der Waals surface area contributed by atoms with E-state index in [-0.39, 0.29) is 16.5 Å². The van der Waals surface area contributed by atoms with Crippen LogP contribution in [0.2, 0.25) is 0 Å². The standard InChI is InChI=1S/C18H15S.C8H5F3O2/c1-4-10-16(11-5-1)19(17-12-6-2-7-13-17)18-14-8-3-9-15-18;9-8(10,11)13-7(12)6-4-2-1-3-5-6/h1-15H;1-5H/q+1;. The lowest BCUT2D eigenvalue weighted by atomic mass is 10.2. The van der Waals surface area contributed by atoms with E-state index < -0.39 is 12.3 Å². The van der Waals surface area contributed by atoms with Gasteiger partial charge < -0.3 is 4.74 Å². The highest BCUT2D eigenvalue weighted by atomic mass is 32.2. The minimum Gasteiger partial charge on any atom is -0.369 e. The van der Waals surface area contributed by atoms with Crippen LogP contribution in [0, 0.1) is 0 Å². The normalized spacial score (nSPS) is 10.8. The molecule has 0 aliphatic rings. The number of rotatable bonds is 4. The minimum absolute atomic E-state index is 0.0146. The molecule has 2 nitrogen and oxygen atoms in total. The van der Waals surface area contributed by atoms with Crippen LogP contribution < -0.4 is 0 Å². The molecule has 0 radical (unpaired) electrons. The second-order valence-electron chi connectivity index (χ2n) is 6.45. The fraction of sp³-hybridized carbons (Fsp3) is 0.0385. The molecule has 0 unspecified atom stereocenters. The first-order chi connectivity index (χ1) is 15.4. The van der Waals surface area contributed by atoms with Gasteiger partial charge >= 0.3 is 12.3 Å². The van der Waals surface area contributed by atoms with Gasteiger partial charge in [-0.2, -0.15) is 0 Å². The number of hydrogen-bond acceptors (Lipinski definition) is 2. The van der Waals surface area contributed by atoms with Gasteiger partial charge in [0.15, 0.2) is 14.7 Å². The summed E-state index contributed by atoms with van der Waals surface area (Å²) in [5.41, 5.74) is -0.125. The van der Waals surface area contributed by atoms with Crippen LogP contribution in [0.4, 0.5) is 13.2 Å². The van der Waals surface area contributed by atoms with Crippen LogP contribution in [0.3, 0.4) is 0 Å². The topological polar surface area (TPSA) is 26.3 Å². The van der Waals surface area contributed by atoms with E-state index in [2.05, 4.69) is 95.7 Å². The number of alkyl halides is 3. The number of benzene rings is 4. The molecule has 0 saturated carbocycles. The molecule has 0 amide bonds. The maximum absolute atomic E-state index is 11.5. The molecular weight excluding hydrogens is 433 g/mol. The summed E-state index contributed by atoms with van der Waals surface area (Å²) in [7, 11) is -0.0146. The third-order valence-electron chi connectivity index (χ3n) is 4.15. The lowest BCUT2D eigenvalue weighted by Gasteiger charge is -2.07. The Morgan fingerprint density at radius 3 is 1.19 bits per heavy atom. The third-order valence-corrected chi connectivity index (χ3v) is 6.39. The van der Waals surface area contributed by atoms with Crippen molar-refractivity contribution >= 4 is 16.9 Å². The number of esters is 1. The van der Waals surface area contributed by atoms with E-state index in [1.54, 1.807) is 6.07 Å². The Hall–Kier alpha value is -3.51. The molecule has 0 heterocycles. The second-order valence-corrected chi connectivity index (χ2v) is 8.47. The summed E-state index contributed by atoms with van der Waals surface area (Å²) in [4.78, 5) is 14.8. The molecule has 4 aromatic carbocycles. The van der Waals surface area contributed by atoms with Crippen molar-refractivity contribution in [2.24, 2.45) is 0 Å². The fourth-order valence-corrected chi connectivity index (χ4v) is 4.92. The van der Waals surface area contributed by atoms with Gasteiger partial charge in [-0.3, -0.25) is 0 Å². The predicted molar refractivity (Wildman–Crippen MR) is 119 cm³/mol. The Morgan fingerprint density at radius 1 is 0.562 bits per heavy atom. The number of halogens is 3. The Bertz CT molecular complexity index is 994. The molecule has 162 valence electrons. The maximum Gasteiger partial charge on any atom is 0.575 e. The molecular formula is C26H20F3O2S+. The summed E-state index contributed by atoms with van der Waals surface area (Å²) in [6.07, 6.45) is -4.92.